The van der Waals surface area contributed by atoms with Crippen molar-refractivity contribution in [2.75, 3.05) is 19.7 Å². The molecule has 0 spiro atoms. The molecule has 0 aromatic rings. The average molecular weight is 268 g/mol. The molecule has 0 aliphatic carbocycles. The van der Waals surface area contributed by atoms with E-state index < -0.39 is 44.1 Å². The van der Waals surface area contributed by atoms with E-state index in [0.717, 1.165) is 6.92 Å². The normalized spacial score (nSPS) is 17.3. The molecule has 0 radical (unpaired) electrons. The second kappa shape index (κ2) is 5.87. The first kappa shape index (κ1) is 16.5. The number of alkyl halides is 6. The lowest BCUT2D eigenvalue weighted by Gasteiger charge is -2.35. The zero-order valence-electron chi connectivity index (χ0n) is 9.02. The molecule has 2 unspecified atom stereocenters. The molecule has 0 saturated heterocycles. The summed E-state index contributed by atoms with van der Waals surface area (Å²) >= 11 is 0. The molecule has 0 aliphatic heterocycles. The Hall–Kier alpha value is -0.540. The van der Waals surface area contributed by atoms with Crippen LogP contribution in [-0.2, 0) is 0 Å². The second-order valence-corrected chi connectivity index (χ2v) is 3.65. The van der Waals surface area contributed by atoms with Gasteiger partial charge in [-0.2, -0.15) is 26.3 Å². The van der Waals surface area contributed by atoms with Gasteiger partial charge in [-0.05, 0) is 6.92 Å². The summed E-state index contributed by atoms with van der Waals surface area (Å²) < 4.78 is 74.0. The Morgan fingerprint density at radius 2 is 1.65 bits per heavy atom. The lowest BCUT2D eigenvalue weighted by Crippen LogP contribution is -2.57. The van der Waals surface area contributed by atoms with Crippen LogP contribution in [0.25, 0.3) is 0 Å². The summed E-state index contributed by atoms with van der Waals surface area (Å²) in [5, 5.41) is 8.51. The van der Waals surface area contributed by atoms with Crippen LogP contribution in [0.3, 0.4) is 0 Å². The number of hydrogen-bond acceptors (Lipinski definition) is 3. The molecule has 0 aromatic carbocycles. The van der Waals surface area contributed by atoms with Crippen LogP contribution < -0.4 is 5.73 Å². The quantitative estimate of drug-likeness (QED) is 0.735. The summed E-state index contributed by atoms with van der Waals surface area (Å²) in [6.07, 6.45) is -9.66. The molecule has 0 saturated carbocycles. The van der Waals surface area contributed by atoms with Crippen LogP contribution in [0.1, 0.15) is 6.92 Å². The van der Waals surface area contributed by atoms with E-state index in [0.29, 0.717) is 0 Å². The maximum Gasteiger partial charge on any atom is 0.405 e. The lowest BCUT2D eigenvalue weighted by molar-refractivity contribution is -0.213. The first-order valence-electron chi connectivity index (χ1n) is 4.73. The SMILES string of the molecule is CC(N)C(N(CCO)CC(F)(F)F)C(F)(F)F. The summed E-state index contributed by atoms with van der Waals surface area (Å²) in [5.41, 5.74) is 5.06. The summed E-state index contributed by atoms with van der Waals surface area (Å²) in [7, 11) is 0. The zero-order chi connectivity index (χ0) is 13.9. The van der Waals surface area contributed by atoms with Crippen LogP contribution >= 0.6 is 0 Å². The van der Waals surface area contributed by atoms with E-state index in [9.17, 15) is 26.3 Å². The summed E-state index contributed by atoms with van der Waals surface area (Å²) in [4.78, 5) is 0.0880. The van der Waals surface area contributed by atoms with Gasteiger partial charge in [0.05, 0.1) is 13.2 Å². The van der Waals surface area contributed by atoms with E-state index in [1.807, 2.05) is 0 Å². The largest absolute Gasteiger partial charge is 0.405 e. The van der Waals surface area contributed by atoms with Crippen LogP contribution in [0.2, 0.25) is 0 Å². The third-order valence-corrected chi connectivity index (χ3v) is 2.00. The number of hydrogen-bond donors (Lipinski definition) is 2. The van der Waals surface area contributed by atoms with Crippen molar-refractivity contribution in [1.82, 2.24) is 4.90 Å². The molecule has 0 aliphatic rings. The van der Waals surface area contributed by atoms with E-state index in [-0.39, 0.29) is 4.90 Å². The monoisotopic (exact) mass is 268 g/mol. The van der Waals surface area contributed by atoms with Gasteiger partial charge in [-0.15, -0.1) is 0 Å². The molecule has 0 heterocycles. The van der Waals surface area contributed by atoms with Gasteiger partial charge in [0.15, 0.2) is 0 Å². The van der Waals surface area contributed by atoms with Crippen LogP contribution in [0.15, 0.2) is 0 Å². The molecule has 0 rings (SSSR count). The van der Waals surface area contributed by atoms with Crippen molar-refractivity contribution in [3.63, 3.8) is 0 Å². The average Bonchev–Trinajstić information content (AvgIpc) is 1.96. The van der Waals surface area contributed by atoms with Crippen molar-refractivity contribution in [3.05, 3.63) is 0 Å². The molecular formula is C8H14F6N2O. The highest BCUT2D eigenvalue weighted by Gasteiger charge is 2.48. The minimum atomic E-state index is -4.88. The van der Waals surface area contributed by atoms with Crippen molar-refractivity contribution in [2.45, 2.75) is 31.4 Å². The minimum absolute atomic E-state index is 0.0880. The fraction of sp³-hybridized carbons (Fsp3) is 1.00. The van der Waals surface area contributed by atoms with Gasteiger partial charge in [-0.25, -0.2) is 0 Å². The Bertz CT molecular complexity index is 227. The maximum atomic E-state index is 12.5. The van der Waals surface area contributed by atoms with Crippen molar-refractivity contribution < 1.29 is 31.4 Å². The first-order chi connectivity index (χ1) is 7.49. The van der Waals surface area contributed by atoms with Crippen molar-refractivity contribution in [1.29, 1.82) is 0 Å². The summed E-state index contributed by atoms with van der Waals surface area (Å²) in [6.45, 7) is -2.35. The van der Waals surface area contributed by atoms with Crippen LogP contribution in [0.5, 0.6) is 0 Å². The first-order valence-corrected chi connectivity index (χ1v) is 4.73. The van der Waals surface area contributed by atoms with Crippen molar-refractivity contribution in [2.24, 2.45) is 5.73 Å². The number of aliphatic hydroxyl groups excluding tert-OH is 1. The van der Waals surface area contributed by atoms with Crippen LogP contribution in [-0.4, -0.2) is 54.1 Å². The van der Waals surface area contributed by atoms with Gasteiger partial charge < -0.3 is 10.8 Å². The number of nitrogens with zero attached hydrogens (tertiary/aromatic N) is 1. The molecular weight excluding hydrogens is 254 g/mol. The molecule has 0 amide bonds. The van der Waals surface area contributed by atoms with Crippen LogP contribution in [0, 0.1) is 0 Å². The fourth-order valence-electron chi connectivity index (χ4n) is 1.51. The topological polar surface area (TPSA) is 49.5 Å². The molecule has 9 heteroatoms. The van der Waals surface area contributed by atoms with E-state index in [1.54, 1.807) is 0 Å². The number of halogens is 6. The van der Waals surface area contributed by atoms with Gasteiger partial charge in [-0.3, -0.25) is 4.90 Å². The second-order valence-electron chi connectivity index (χ2n) is 3.65. The molecule has 3 nitrogen and oxygen atoms in total. The number of rotatable bonds is 5. The summed E-state index contributed by atoms with van der Waals surface area (Å²) in [6, 6.07) is -3.96. The Kier molecular flexibility index (Phi) is 5.69. The Morgan fingerprint density at radius 3 is 1.88 bits per heavy atom. The van der Waals surface area contributed by atoms with Gasteiger partial charge in [-0.1, -0.05) is 0 Å². The van der Waals surface area contributed by atoms with E-state index in [1.165, 1.54) is 0 Å². The summed E-state index contributed by atoms with van der Waals surface area (Å²) in [5.74, 6) is 0. The molecule has 0 aromatic heterocycles. The molecule has 104 valence electrons. The molecule has 17 heavy (non-hydrogen) atoms. The van der Waals surface area contributed by atoms with Crippen molar-refractivity contribution >= 4 is 0 Å². The third kappa shape index (κ3) is 6.08. The zero-order valence-corrected chi connectivity index (χ0v) is 9.02. The van der Waals surface area contributed by atoms with Crippen molar-refractivity contribution in [3.8, 4) is 0 Å². The molecule has 3 N–H and O–H groups in total. The predicted molar refractivity (Wildman–Crippen MR) is 48.2 cm³/mol. The van der Waals surface area contributed by atoms with E-state index in [2.05, 4.69) is 0 Å². The van der Waals surface area contributed by atoms with Gasteiger partial charge >= 0.3 is 12.4 Å². The van der Waals surface area contributed by atoms with Gasteiger partial charge in [0.1, 0.15) is 6.04 Å². The highest BCUT2D eigenvalue weighted by molar-refractivity contribution is 4.86. The van der Waals surface area contributed by atoms with Gasteiger partial charge in [0.2, 0.25) is 0 Å². The van der Waals surface area contributed by atoms with Gasteiger partial charge in [0.25, 0.3) is 0 Å². The molecule has 2 atom stereocenters. The lowest BCUT2D eigenvalue weighted by atomic mass is 10.1. The smallest absolute Gasteiger partial charge is 0.395 e. The number of aliphatic hydroxyl groups is 1. The maximum absolute atomic E-state index is 12.5. The van der Waals surface area contributed by atoms with E-state index in [4.69, 9.17) is 10.8 Å². The number of nitrogens with two attached hydrogens (primary N) is 1. The Balaban J connectivity index is 4.97. The van der Waals surface area contributed by atoms with Gasteiger partial charge in [0, 0.05) is 12.6 Å². The predicted octanol–water partition coefficient (Wildman–Crippen LogP) is 1.12. The Labute approximate surface area is 94.2 Å². The minimum Gasteiger partial charge on any atom is -0.395 e. The molecule has 0 bridgehead atoms. The van der Waals surface area contributed by atoms with E-state index >= 15 is 0 Å². The highest BCUT2D eigenvalue weighted by atomic mass is 19.4. The molecule has 0 fully saturated rings. The Morgan fingerprint density at radius 1 is 1.18 bits per heavy atom. The van der Waals surface area contributed by atoms with Crippen LogP contribution in [0.4, 0.5) is 26.3 Å². The fourth-order valence-corrected chi connectivity index (χ4v) is 1.51. The highest BCUT2D eigenvalue weighted by Crippen LogP contribution is 2.29. The standard InChI is InChI=1S/C8H14F6N2O/c1-5(15)6(8(12,13)14)16(2-3-17)4-7(9,10)11/h5-6,17H,2-4,15H2,1H3. The third-order valence-electron chi connectivity index (χ3n) is 2.00.